The zero-order chi connectivity index (χ0) is 13.8. The van der Waals surface area contributed by atoms with E-state index in [0.29, 0.717) is 29.0 Å². The third-order valence-electron chi connectivity index (χ3n) is 3.01. The number of nitrogens with two attached hydrogens (primary N) is 1. The largest absolute Gasteiger partial charge is 0.487 e. The molecule has 0 aliphatic rings. The van der Waals surface area contributed by atoms with Gasteiger partial charge in [-0.05, 0) is 35.2 Å². The van der Waals surface area contributed by atoms with Gasteiger partial charge in [0.2, 0.25) is 0 Å². The third kappa shape index (κ3) is 3.65. The Kier molecular flexibility index (Phi) is 4.33. The van der Waals surface area contributed by atoms with Crippen LogP contribution in [0.15, 0.2) is 42.5 Å². The molecule has 0 bridgehead atoms. The maximum atomic E-state index is 5.85. The van der Waals surface area contributed by atoms with Gasteiger partial charge in [0.15, 0.2) is 0 Å². The monoisotopic (exact) mass is 275 g/mol. The Bertz CT molecular complexity index is 549. The number of benzene rings is 2. The third-order valence-corrected chi connectivity index (χ3v) is 3.25. The second-order valence-electron chi connectivity index (χ2n) is 4.87. The molecule has 2 aromatic carbocycles. The van der Waals surface area contributed by atoms with Crippen LogP contribution in [0.5, 0.6) is 5.75 Å². The summed E-state index contributed by atoms with van der Waals surface area (Å²) < 4.78 is 5.69. The van der Waals surface area contributed by atoms with E-state index in [1.54, 1.807) is 18.2 Å². The van der Waals surface area contributed by atoms with Gasteiger partial charge in [0, 0.05) is 5.02 Å². The minimum atomic E-state index is 0.504. The minimum absolute atomic E-state index is 0.504. The normalized spacial score (nSPS) is 10.7. The van der Waals surface area contributed by atoms with Gasteiger partial charge in [0.25, 0.3) is 0 Å². The lowest BCUT2D eigenvalue weighted by molar-refractivity contribution is 0.308. The van der Waals surface area contributed by atoms with Crippen molar-refractivity contribution in [2.75, 3.05) is 5.73 Å². The molecule has 0 aliphatic heterocycles. The fourth-order valence-corrected chi connectivity index (χ4v) is 1.99. The zero-order valence-corrected chi connectivity index (χ0v) is 11.9. The van der Waals surface area contributed by atoms with Gasteiger partial charge in [0.05, 0.1) is 5.69 Å². The van der Waals surface area contributed by atoms with E-state index in [-0.39, 0.29) is 0 Å². The van der Waals surface area contributed by atoms with Gasteiger partial charge in [-0.25, -0.2) is 0 Å². The predicted molar refractivity (Wildman–Crippen MR) is 80.7 cm³/mol. The highest BCUT2D eigenvalue weighted by Crippen LogP contribution is 2.26. The fourth-order valence-electron chi connectivity index (χ4n) is 1.81. The Morgan fingerprint density at radius 3 is 2.37 bits per heavy atom. The Morgan fingerprint density at radius 2 is 1.79 bits per heavy atom. The molecule has 19 heavy (non-hydrogen) atoms. The van der Waals surface area contributed by atoms with Crippen molar-refractivity contribution in [1.29, 1.82) is 0 Å². The van der Waals surface area contributed by atoms with Crippen molar-refractivity contribution in [2.45, 2.75) is 26.4 Å². The topological polar surface area (TPSA) is 35.2 Å². The molecule has 0 radical (unpaired) electrons. The number of hydrogen-bond acceptors (Lipinski definition) is 2. The molecule has 0 saturated carbocycles. The number of halogens is 1. The van der Waals surface area contributed by atoms with Gasteiger partial charge in [0.1, 0.15) is 12.4 Å². The van der Waals surface area contributed by atoms with Gasteiger partial charge in [-0.15, -0.1) is 0 Å². The standard InChI is InChI=1S/C16H18ClNO/c1-11(2)13-5-3-12(4-6-13)10-19-16-8-7-14(17)9-15(16)18/h3-9,11H,10,18H2,1-2H3. The molecular weight excluding hydrogens is 258 g/mol. The van der Waals surface area contributed by atoms with Crippen LogP contribution < -0.4 is 10.5 Å². The van der Waals surface area contributed by atoms with E-state index in [0.717, 1.165) is 5.56 Å². The van der Waals surface area contributed by atoms with Crippen molar-refractivity contribution in [3.8, 4) is 5.75 Å². The number of rotatable bonds is 4. The van der Waals surface area contributed by atoms with Crippen molar-refractivity contribution in [3.63, 3.8) is 0 Å². The Balaban J connectivity index is 2.02. The highest BCUT2D eigenvalue weighted by atomic mass is 35.5. The summed E-state index contributed by atoms with van der Waals surface area (Å²) in [5.41, 5.74) is 8.85. The first kappa shape index (κ1) is 13.8. The van der Waals surface area contributed by atoms with E-state index in [9.17, 15) is 0 Å². The molecule has 0 spiro atoms. The summed E-state index contributed by atoms with van der Waals surface area (Å²) in [7, 11) is 0. The van der Waals surface area contributed by atoms with Gasteiger partial charge in [-0.1, -0.05) is 49.7 Å². The van der Waals surface area contributed by atoms with E-state index < -0.39 is 0 Å². The Hall–Kier alpha value is -1.67. The molecule has 0 aliphatic carbocycles. The lowest BCUT2D eigenvalue weighted by Gasteiger charge is -2.10. The summed E-state index contributed by atoms with van der Waals surface area (Å²) in [5.74, 6) is 1.21. The molecule has 2 nitrogen and oxygen atoms in total. The van der Waals surface area contributed by atoms with Crippen molar-refractivity contribution >= 4 is 17.3 Å². The molecule has 2 aromatic rings. The highest BCUT2D eigenvalue weighted by molar-refractivity contribution is 6.30. The van der Waals surface area contributed by atoms with Gasteiger partial charge in [-0.3, -0.25) is 0 Å². The number of ether oxygens (including phenoxy) is 1. The zero-order valence-electron chi connectivity index (χ0n) is 11.2. The van der Waals surface area contributed by atoms with Crippen LogP contribution in [0.3, 0.4) is 0 Å². The first-order valence-electron chi connectivity index (χ1n) is 6.33. The number of anilines is 1. The molecule has 0 amide bonds. The smallest absolute Gasteiger partial charge is 0.142 e. The molecule has 0 atom stereocenters. The Labute approximate surface area is 119 Å². The Morgan fingerprint density at radius 1 is 1.11 bits per heavy atom. The van der Waals surface area contributed by atoms with E-state index in [1.165, 1.54) is 5.56 Å². The van der Waals surface area contributed by atoms with Crippen LogP contribution in [-0.2, 0) is 6.61 Å². The minimum Gasteiger partial charge on any atom is -0.487 e. The summed E-state index contributed by atoms with van der Waals surface area (Å²) in [5, 5.41) is 0.617. The molecule has 0 heterocycles. The van der Waals surface area contributed by atoms with E-state index in [4.69, 9.17) is 22.1 Å². The second kappa shape index (κ2) is 5.98. The van der Waals surface area contributed by atoms with Crippen LogP contribution in [0.25, 0.3) is 0 Å². The summed E-state index contributed by atoms with van der Waals surface area (Å²) in [6.45, 7) is 4.87. The summed E-state index contributed by atoms with van der Waals surface area (Å²) >= 11 is 5.85. The first-order chi connectivity index (χ1) is 9.06. The van der Waals surface area contributed by atoms with Crippen LogP contribution in [0.2, 0.25) is 5.02 Å². The highest BCUT2D eigenvalue weighted by Gasteiger charge is 2.03. The molecule has 0 unspecified atom stereocenters. The molecule has 100 valence electrons. The molecule has 2 rings (SSSR count). The van der Waals surface area contributed by atoms with Crippen molar-refractivity contribution in [1.82, 2.24) is 0 Å². The average molecular weight is 276 g/mol. The maximum absolute atomic E-state index is 5.85. The van der Waals surface area contributed by atoms with Gasteiger partial charge >= 0.3 is 0 Å². The summed E-state index contributed by atoms with van der Waals surface area (Å²) in [6.07, 6.45) is 0. The molecular formula is C16H18ClNO. The molecule has 0 saturated heterocycles. The van der Waals surface area contributed by atoms with Crippen molar-refractivity contribution < 1.29 is 4.74 Å². The molecule has 0 fully saturated rings. The lowest BCUT2D eigenvalue weighted by Crippen LogP contribution is -1.99. The maximum Gasteiger partial charge on any atom is 0.142 e. The van der Waals surface area contributed by atoms with Gasteiger partial charge in [-0.2, -0.15) is 0 Å². The van der Waals surface area contributed by atoms with Crippen LogP contribution in [0.4, 0.5) is 5.69 Å². The van der Waals surface area contributed by atoms with Gasteiger partial charge < -0.3 is 10.5 Å². The number of hydrogen-bond donors (Lipinski definition) is 1. The van der Waals surface area contributed by atoms with Crippen LogP contribution in [-0.4, -0.2) is 0 Å². The quantitative estimate of drug-likeness (QED) is 0.826. The van der Waals surface area contributed by atoms with E-state index >= 15 is 0 Å². The SMILES string of the molecule is CC(C)c1ccc(COc2ccc(Cl)cc2N)cc1. The van der Waals surface area contributed by atoms with E-state index in [1.807, 2.05) is 0 Å². The second-order valence-corrected chi connectivity index (χ2v) is 5.30. The molecule has 2 N–H and O–H groups in total. The molecule has 3 heteroatoms. The van der Waals surface area contributed by atoms with Crippen LogP contribution in [0.1, 0.15) is 30.9 Å². The number of nitrogen functional groups attached to an aromatic ring is 1. The lowest BCUT2D eigenvalue weighted by atomic mass is 10.0. The van der Waals surface area contributed by atoms with E-state index in [2.05, 4.69) is 38.1 Å². The summed E-state index contributed by atoms with van der Waals surface area (Å²) in [6, 6.07) is 13.7. The van der Waals surface area contributed by atoms with Crippen molar-refractivity contribution in [3.05, 3.63) is 58.6 Å². The average Bonchev–Trinajstić information content (AvgIpc) is 2.38. The van der Waals surface area contributed by atoms with Crippen molar-refractivity contribution in [2.24, 2.45) is 0 Å². The first-order valence-corrected chi connectivity index (χ1v) is 6.70. The molecule has 0 aromatic heterocycles. The fraction of sp³-hybridized carbons (Fsp3) is 0.250. The predicted octanol–water partition coefficient (Wildman–Crippen LogP) is 4.62. The van der Waals surface area contributed by atoms with Crippen LogP contribution >= 0.6 is 11.6 Å². The van der Waals surface area contributed by atoms with Crippen LogP contribution in [0, 0.1) is 0 Å². The summed E-state index contributed by atoms with van der Waals surface area (Å²) in [4.78, 5) is 0.